The van der Waals surface area contributed by atoms with E-state index < -0.39 is 0 Å². The van der Waals surface area contributed by atoms with Gasteiger partial charge in [0.1, 0.15) is 18.2 Å². The molecule has 132 valence electrons. The summed E-state index contributed by atoms with van der Waals surface area (Å²) in [5, 5.41) is 2.70. The average molecular weight is 344 g/mol. The van der Waals surface area contributed by atoms with E-state index in [1.807, 2.05) is 6.08 Å². The lowest BCUT2D eigenvalue weighted by atomic mass is 10.0. The molecule has 25 heavy (non-hydrogen) atoms. The normalized spacial score (nSPS) is 23.2. The van der Waals surface area contributed by atoms with Crippen LogP contribution in [0.5, 0.6) is 0 Å². The Labute approximate surface area is 146 Å². The fourth-order valence-corrected chi connectivity index (χ4v) is 3.47. The minimum atomic E-state index is -0.364. The van der Waals surface area contributed by atoms with Crippen molar-refractivity contribution in [1.82, 2.24) is 4.90 Å². The molecular formula is C19H21FN2O3. The molecule has 0 bridgehead atoms. The van der Waals surface area contributed by atoms with Crippen molar-refractivity contribution in [2.24, 2.45) is 0 Å². The summed E-state index contributed by atoms with van der Waals surface area (Å²) in [6, 6.07) is 4.32. The van der Waals surface area contributed by atoms with Crippen LogP contribution in [0.4, 0.5) is 10.1 Å². The summed E-state index contributed by atoms with van der Waals surface area (Å²) in [6.07, 6.45) is 3.98. The lowest BCUT2D eigenvalue weighted by molar-refractivity contribution is -0.110. The molecule has 0 saturated carbocycles. The first-order valence-electron chi connectivity index (χ1n) is 8.68. The third-order valence-electron chi connectivity index (χ3n) is 4.80. The topological polar surface area (TPSA) is 50.8 Å². The van der Waals surface area contributed by atoms with Crippen LogP contribution < -0.4 is 5.32 Å². The van der Waals surface area contributed by atoms with Crippen LogP contribution in [0.2, 0.25) is 0 Å². The van der Waals surface area contributed by atoms with Crippen LogP contribution in [0.15, 0.2) is 35.6 Å². The van der Waals surface area contributed by atoms with Gasteiger partial charge in [-0.15, -0.1) is 0 Å². The summed E-state index contributed by atoms with van der Waals surface area (Å²) in [5.74, 6) is -0.0115. The Hall–Kier alpha value is -2.18. The van der Waals surface area contributed by atoms with E-state index in [4.69, 9.17) is 9.47 Å². The molecule has 0 atom stereocenters. The molecule has 6 heteroatoms. The maximum absolute atomic E-state index is 13.3. The molecule has 1 amide bonds. The Bertz CT molecular complexity index is 751. The minimum Gasteiger partial charge on any atom is -0.488 e. The summed E-state index contributed by atoms with van der Waals surface area (Å²) in [5.41, 5.74) is 2.90. The number of nitrogens with one attached hydrogen (secondary N) is 1. The monoisotopic (exact) mass is 344 g/mol. The van der Waals surface area contributed by atoms with Crippen molar-refractivity contribution in [2.45, 2.75) is 12.8 Å². The van der Waals surface area contributed by atoms with Crippen LogP contribution in [0, 0.1) is 5.82 Å². The maximum Gasteiger partial charge on any atom is 0.260 e. The molecule has 3 heterocycles. The zero-order valence-electron chi connectivity index (χ0n) is 14.0. The maximum atomic E-state index is 13.3. The van der Waals surface area contributed by atoms with E-state index in [2.05, 4.69) is 10.2 Å². The predicted molar refractivity (Wildman–Crippen MR) is 92.5 cm³/mol. The van der Waals surface area contributed by atoms with Gasteiger partial charge in [0.25, 0.3) is 5.91 Å². The van der Waals surface area contributed by atoms with E-state index in [1.54, 1.807) is 6.07 Å². The molecule has 1 saturated heterocycles. The van der Waals surface area contributed by atoms with Crippen LogP contribution >= 0.6 is 0 Å². The summed E-state index contributed by atoms with van der Waals surface area (Å²) in [6.45, 7) is 5.20. The van der Waals surface area contributed by atoms with Crippen molar-refractivity contribution in [2.75, 3.05) is 44.8 Å². The molecule has 0 unspecified atom stereocenters. The second kappa shape index (κ2) is 6.98. The molecule has 3 aliphatic heterocycles. The zero-order valence-corrected chi connectivity index (χ0v) is 14.0. The average Bonchev–Trinajstić information content (AvgIpc) is 3.18. The number of benzene rings is 1. The lowest BCUT2D eigenvalue weighted by Gasteiger charge is -2.26. The molecule has 0 aromatic heterocycles. The largest absolute Gasteiger partial charge is 0.488 e. The molecule has 0 aliphatic carbocycles. The number of ether oxygens (including phenoxy) is 2. The van der Waals surface area contributed by atoms with E-state index in [9.17, 15) is 9.18 Å². The van der Waals surface area contributed by atoms with Crippen LogP contribution in [-0.2, 0) is 14.3 Å². The number of fused-ring (bicyclic) bond motifs is 1. The molecule has 1 fully saturated rings. The summed E-state index contributed by atoms with van der Waals surface area (Å²) >= 11 is 0. The van der Waals surface area contributed by atoms with Crippen LogP contribution in [0.3, 0.4) is 0 Å². The Kier molecular flexibility index (Phi) is 4.55. The number of anilines is 1. The number of morpholine rings is 1. The molecular weight excluding hydrogens is 323 g/mol. The van der Waals surface area contributed by atoms with Gasteiger partial charge in [-0.3, -0.25) is 9.69 Å². The highest BCUT2D eigenvalue weighted by Gasteiger charge is 2.30. The first-order chi connectivity index (χ1) is 12.2. The number of hydrogen-bond donors (Lipinski definition) is 1. The van der Waals surface area contributed by atoms with Gasteiger partial charge >= 0.3 is 0 Å². The molecule has 1 aromatic rings. The number of hydrogen-bond acceptors (Lipinski definition) is 4. The van der Waals surface area contributed by atoms with Crippen molar-refractivity contribution in [1.29, 1.82) is 0 Å². The summed E-state index contributed by atoms with van der Waals surface area (Å²) in [4.78, 5) is 14.6. The fraction of sp³-hybridized carbons (Fsp3) is 0.421. The SMILES string of the molecule is O=C1Nc2cc(F)ccc2/C1=C1/C=C(CCCN2CCOCC2)CO1. The van der Waals surface area contributed by atoms with Crippen molar-refractivity contribution < 1.29 is 18.7 Å². The molecule has 0 radical (unpaired) electrons. The van der Waals surface area contributed by atoms with Gasteiger partial charge < -0.3 is 14.8 Å². The van der Waals surface area contributed by atoms with E-state index in [-0.39, 0.29) is 11.7 Å². The van der Waals surface area contributed by atoms with Crippen molar-refractivity contribution in [3.63, 3.8) is 0 Å². The molecule has 0 spiro atoms. The first-order valence-corrected chi connectivity index (χ1v) is 8.68. The second-order valence-corrected chi connectivity index (χ2v) is 6.53. The fourth-order valence-electron chi connectivity index (χ4n) is 3.47. The van der Waals surface area contributed by atoms with Crippen molar-refractivity contribution in [3.05, 3.63) is 47.0 Å². The third-order valence-corrected chi connectivity index (χ3v) is 4.80. The zero-order chi connectivity index (χ0) is 17.2. The Morgan fingerprint density at radius 3 is 2.92 bits per heavy atom. The summed E-state index contributed by atoms with van der Waals surface area (Å²) < 4.78 is 24.4. The van der Waals surface area contributed by atoms with Gasteiger partial charge in [0, 0.05) is 18.7 Å². The molecule has 3 aliphatic rings. The molecule has 1 aromatic carbocycles. The molecule has 5 nitrogen and oxygen atoms in total. The Balaban J connectivity index is 1.44. The van der Waals surface area contributed by atoms with Crippen molar-refractivity contribution >= 4 is 17.2 Å². The highest BCUT2D eigenvalue weighted by molar-refractivity contribution is 6.32. The molecule has 1 N–H and O–H groups in total. The number of allylic oxidation sites excluding steroid dienone is 1. The van der Waals surface area contributed by atoms with E-state index in [0.717, 1.165) is 45.7 Å². The molecule has 4 rings (SSSR count). The van der Waals surface area contributed by atoms with Crippen molar-refractivity contribution in [3.8, 4) is 0 Å². The van der Waals surface area contributed by atoms with E-state index in [1.165, 1.54) is 17.7 Å². The number of amides is 1. The summed E-state index contributed by atoms with van der Waals surface area (Å²) in [7, 11) is 0. The van der Waals surface area contributed by atoms with E-state index in [0.29, 0.717) is 29.2 Å². The minimum absolute atomic E-state index is 0.235. The highest BCUT2D eigenvalue weighted by Crippen LogP contribution is 2.37. The highest BCUT2D eigenvalue weighted by atomic mass is 19.1. The van der Waals surface area contributed by atoms with Gasteiger partial charge in [-0.1, -0.05) is 0 Å². The number of rotatable bonds is 4. The van der Waals surface area contributed by atoms with E-state index >= 15 is 0 Å². The van der Waals surface area contributed by atoms with Crippen LogP contribution in [-0.4, -0.2) is 50.3 Å². The van der Waals surface area contributed by atoms with Gasteiger partial charge in [-0.2, -0.15) is 0 Å². The second-order valence-electron chi connectivity index (χ2n) is 6.53. The predicted octanol–water partition coefficient (Wildman–Crippen LogP) is 2.56. The third kappa shape index (κ3) is 3.45. The van der Waals surface area contributed by atoms with Gasteiger partial charge in [0.05, 0.1) is 24.5 Å². The number of carbonyl (C=O) groups is 1. The van der Waals surface area contributed by atoms with Gasteiger partial charge in [0.2, 0.25) is 0 Å². The van der Waals surface area contributed by atoms with Gasteiger partial charge in [0.15, 0.2) is 0 Å². The first kappa shape index (κ1) is 16.3. The van der Waals surface area contributed by atoms with Gasteiger partial charge in [-0.05, 0) is 49.2 Å². The lowest BCUT2D eigenvalue weighted by Crippen LogP contribution is -2.36. The Morgan fingerprint density at radius 1 is 1.24 bits per heavy atom. The standard InChI is InChI=1S/C19H21FN2O3/c20-14-3-4-15-16(11-14)21-19(23)18(15)17-10-13(12-25-17)2-1-5-22-6-8-24-9-7-22/h3-4,10-11H,1-2,5-9,12H2,(H,21,23)/b18-17+. The Morgan fingerprint density at radius 2 is 2.08 bits per heavy atom. The smallest absolute Gasteiger partial charge is 0.260 e. The number of nitrogens with zero attached hydrogens (tertiary/aromatic N) is 1. The van der Waals surface area contributed by atoms with Gasteiger partial charge in [-0.25, -0.2) is 4.39 Å². The number of carbonyl (C=O) groups excluding carboxylic acids is 1. The van der Waals surface area contributed by atoms with Crippen LogP contribution in [0.1, 0.15) is 18.4 Å². The quantitative estimate of drug-likeness (QED) is 0.853. The van der Waals surface area contributed by atoms with Crippen LogP contribution in [0.25, 0.3) is 5.57 Å². The number of halogens is 1.